The van der Waals surface area contributed by atoms with E-state index in [4.69, 9.17) is 20.9 Å². The second kappa shape index (κ2) is 26.8. The number of aliphatic hydroxyl groups is 2. The van der Waals surface area contributed by atoms with Crippen LogP contribution in [0.25, 0.3) is 11.5 Å². The number of ether oxygens (including phenoxy) is 2. The summed E-state index contributed by atoms with van der Waals surface area (Å²) in [5.41, 5.74) is 15.4. The fraction of sp³-hybridized carbons (Fsp3) is 1.00. The Morgan fingerprint density at radius 3 is 1.26 bits per heavy atom. The Balaban J connectivity index is 0.000000604. The van der Waals surface area contributed by atoms with Gasteiger partial charge in [-0.25, -0.2) is 0 Å². The van der Waals surface area contributed by atoms with Crippen molar-refractivity contribution in [1.82, 2.24) is 9.80 Å². The van der Waals surface area contributed by atoms with E-state index < -0.39 is 0 Å². The fourth-order valence-electron chi connectivity index (χ4n) is 5.94. The van der Waals surface area contributed by atoms with Crippen LogP contribution in [-0.2, 0) is 74.9 Å². The molecule has 2 saturated carbocycles. The molecule has 2 radical (unpaired) electrons. The van der Waals surface area contributed by atoms with Crippen molar-refractivity contribution in [2.24, 2.45) is 11.8 Å². The minimum absolute atomic E-state index is 0. The molecule has 4 aliphatic rings. The molecule has 0 spiro atoms. The summed E-state index contributed by atoms with van der Waals surface area (Å²) in [4.78, 5) is 4.61. The Hall–Kier alpha value is 1.89. The Bertz CT molecular complexity index is 588. The quantitative estimate of drug-likeness (QED) is 0.141. The van der Waals surface area contributed by atoms with E-state index in [9.17, 15) is 10.2 Å². The molecule has 6 unspecified atom stereocenters. The smallest absolute Gasteiger partial charge is 0.0540 e. The van der Waals surface area contributed by atoms with E-state index >= 15 is 0 Å². The standard InChI is InChI=1S/C13H24O2.2C10H21N2O.2Y/c14-12-5-1-10(2-6-12)9-11-3-7-13(15)8-4-11;2*1-3-4-5-13-8-10(11)7-12-6-9(12)2;;/h10-15H,1-9H2;2*9-11H,3-8H2,1-2H3;;/q;2*-1;;. The zero-order chi connectivity index (χ0) is 30.0. The summed E-state index contributed by atoms with van der Waals surface area (Å²) < 4.78 is 10.8. The molecule has 2 saturated heterocycles. The van der Waals surface area contributed by atoms with Gasteiger partial charge in [-0.3, -0.25) is 9.80 Å². The summed E-state index contributed by atoms with van der Waals surface area (Å²) in [6.45, 7) is 15.7. The number of nitrogens with one attached hydrogen (secondary N) is 2. The van der Waals surface area contributed by atoms with Gasteiger partial charge in [0.25, 0.3) is 0 Å². The molecule has 2 aliphatic heterocycles. The van der Waals surface area contributed by atoms with Crippen LogP contribution in [0.2, 0.25) is 0 Å². The van der Waals surface area contributed by atoms with Crippen LogP contribution >= 0.6 is 0 Å². The summed E-state index contributed by atoms with van der Waals surface area (Å²) in [7, 11) is 0. The van der Waals surface area contributed by atoms with Gasteiger partial charge in [0, 0.05) is 117 Å². The third-order valence-electron chi connectivity index (χ3n) is 9.11. The topological polar surface area (TPSA) is 113 Å². The summed E-state index contributed by atoms with van der Waals surface area (Å²) >= 11 is 0. The van der Waals surface area contributed by atoms with E-state index in [1.54, 1.807) is 0 Å². The molecule has 8 nitrogen and oxygen atoms in total. The van der Waals surface area contributed by atoms with Gasteiger partial charge >= 0.3 is 0 Å². The van der Waals surface area contributed by atoms with E-state index in [0.29, 0.717) is 25.3 Å². The maximum absolute atomic E-state index is 9.43. The van der Waals surface area contributed by atoms with Gasteiger partial charge in [0.05, 0.1) is 12.2 Å². The first-order chi connectivity index (χ1) is 19.7. The average Bonchev–Trinajstić information content (AvgIpc) is 3.85. The molecule has 250 valence electrons. The van der Waals surface area contributed by atoms with Gasteiger partial charge in [-0.1, -0.05) is 26.7 Å². The third-order valence-corrected chi connectivity index (χ3v) is 9.11. The van der Waals surface area contributed by atoms with Gasteiger partial charge in [-0.15, -0.1) is 12.1 Å². The minimum Gasteiger partial charge on any atom is -0.672 e. The number of unbranched alkanes of at least 4 members (excludes halogenated alkanes) is 2. The van der Waals surface area contributed by atoms with E-state index in [-0.39, 0.29) is 89.7 Å². The molecular weight excluding hydrogens is 694 g/mol. The van der Waals surface area contributed by atoms with Crippen molar-refractivity contribution in [3.63, 3.8) is 0 Å². The maximum Gasteiger partial charge on any atom is 0.0540 e. The molecule has 0 aromatic carbocycles. The normalized spacial score (nSPS) is 32.4. The van der Waals surface area contributed by atoms with Crippen LogP contribution in [0, 0.1) is 11.8 Å². The van der Waals surface area contributed by atoms with Crippen LogP contribution in [0.5, 0.6) is 0 Å². The molecule has 0 amide bonds. The molecule has 2 aliphatic carbocycles. The van der Waals surface area contributed by atoms with Crippen molar-refractivity contribution in [1.29, 1.82) is 0 Å². The third kappa shape index (κ3) is 23.0. The van der Waals surface area contributed by atoms with Gasteiger partial charge in [0.1, 0.15) is 0 Å². The monoisotopic (exact) mass is 760 g/mol. The van der Waals surface area contributed by atoms with Gasteiger partial charge in [-0.2, -0.15) is 0 Å². The summed E-state index contributed by atoms with van der Waals surface area (Å²) in [6, 6.07) is 1.32. The number of rotatable bonds is 16. The molecule has 2 heterocycles. The van der Waals surface area contributed by atoms with Crippen LogP contribution in [0.1, 0.15) is 111 Å². The molecule has 43 heavy (non-hydrogen) atoms. The van der Waals surface area contributed by atoms with Crippen LogP contribution in [0.4, 0.5) is 0 Å². The molecule has 0 aromatic rings. The second-order valence-corrected chi connectivity index (χ2v) is 13.4. The molecule has 6 atom stereocenters. The molecule has 0 bridgehead atoms. The Morgan fingerprint density at radius 1 is 0.651 bits per heavy atom. The summed E-state index contributed by atoms with van der Waals surface area (Å²) in [6.07, 6.45) is 14.8. The number of hydrogen-bond acceptors (Lipinski definition) is 6. The first kappa shape index (κ1) is 44.9. The van der Waals surface area contributed by atoms with Crippen molar-refractivity contribution < 1.29 is 85.1 Å². The zero-order valence-corrected chi connectivity index (χ0v) is 33.9. The van der Waals surface area contributed by atoms with Crippen LogP contribution < -0.4 is 0 Å². The molecule has 0 aromatic heterocycles. The largest absolute Gasteiger partial charge is 0.672 e. The minimum atomic E-state index is -0.0539. The van der Waals surface area contributed by atoms with E-state index in [1.165, 1.54) is 58.0 Å². The van der Waals surface area contributed by atoms with Gasteiger partial charge < -0.3 is 31.2 Å². The summed E-state index contributed by atoms with van der Waals surface area (Å²) in [5.74, 6) is 1.71. The molecule has 10 heteroatoms. The van der Waals surface area contributed by atoms with Gasteiger partial charge in [0.2, 0.25) is 0 Å². The van der Waals surface area contributed by atoms with Crippen molar-refractivity contribution >= 4 is 0 Å². The fourth-order valence-corrected chi connectivity index (χ4v) is 5.94. The first-order valence-electron chi connectivity index (χ1n) is 17.1. The van der Waals surface area contributed by atoms with E-state index in [1.807, 2.05) is 0 Å². The molecular formula is C33H66N4O4Y2-2. The Kier molecular flexibility index (Phi) is 28.0. The van der Waals surface area contributed by atoms with Gasteiger partial charge in [-0.05, 0) is 109 Å². The Morgan fingerprint density at radius 2 is 0.977 bits per heavy atom. The average molecular weight is 761 g/mol. The van der Waals surface area contributed by atoms with Crippen molar-refractivity contribution in [3.8, 4) is 0 Å². The SMILES string of the molecule is CCCCOCC([NH-])CN1CC1C.CCCCOCC([NH-])CN1CC1C.OC1CCC(CC2CCC(O)CC2)CC1.[Y].[Y]. The van der Waals surface area contributed by atoms with E-state index in [2.05, 4.69) is 37.5 Å². The predicted octanol–water partition coefficient (Wildman–Crippen LogP) is 6.33. The second-order valence-electron chi connectivity index (χ2n) is 13.4. The summed E-state index contributed by atoms with van der Waals surface area (Å²) in [5, 5.41) is 18.9. The Labute approximate surface area is 315 Å². The van der Waals surface area contributed by atoms with Crippen LogP contribution in [-0.4, -0.2) is 109 Å². The number of aliphatic hydroxyl groups excluding tert-OH is 2. The zero-order valence-electron chi connectivity index (χ0n) is 28.2. The maximum atomic E-state index is 9.43. The number of nitrogens with zero attached hydrogens (tertiary/aromatic N) is 2. The molecule has 4 N–H and O–H groups in total. The molecule has 4 rings (SSSR count). The van der Waals surface area contributed by atoms with Crippen LogP contribution in [0.3, 0.4) is 0 Å². The van der Waals surface area contributed by atoms with Crippen molar-refractivity contribution in [2.45, 2.75) is 148 Å². The van der Waals surface area contributed by atoms with E-state index in [0.717, 1.165) is 76.7 Å². The molecule has 4 fully saturated rings. The van der Waals surface area contributed by atoms with Crippen molar-refractivity contribution in [2.75, 3.05) is 52.6 Å². The van der Waals surface area contributed by atoms with Gasteiger partial charge in [0.15, 0.2) is 0 Å². The van der Waals surface area contributed by atoms with Crippen LogP contribution in [0.15, 0.2) is 0 Å². The first-order valence-corrected chi connectivity index (χ1v) is 17.1. The van der Waals surface area contributed by atoms with Crippen molar-refractivity contribution in [3.05, 3.63) is 11.5 Å². The number of hydrogen-bond donors (Lipinski definition) is 2. The predicted molar refractivity (Wildman–Crippen MR) is 170 cm³/mol.